The Balaban J connectivity index is 2.41. The van der Waals surface area contributed by atoms with E-state index < -0.39 is 45.0 Å². The number of nitro groups is 2. The molecule has 10 nitrogen and oxygen atoms in total. The monoisotopic (exact) mass is 443 g/mol. The Morgan fingerprint density at radius 3 is 2.29 bits per heavy atom. The van der Waals surface area contributed by atoms with Crippen molar-refractivity contribution in [2.24, 2.45) is 0 Å². The van der Waals surface area contributed by atoms with Gasteiger partial charge in [0, 0.05) is 23.9 Å². The number of nitrogens with one attached hydrogen (secondary N) is 1. The molecule has 2 rings (SSSR count). The van der Waals surface area contributed by atoms with E-state index in [0.29, 0.717) is 12.1 Å². The number of benzene rings is 2. The van der Waals surface area contributed by atoms with Crippen molar-refractivity contribution >= 4 is 28.7 Å². The number of nitrogens with zero attached hydrogens (tertiary/aromatic N) is 2. The summed E-state index contributed by atoms with van der Waals surface area (Å²) < 4.78 is 48.6. The normalized spacial score (nSPS) is 12.0. The molecule has 0 heterocycles. The average Bonchev–Trinajstić information content (AvgIpc) is 2.67. The van der Waals surface area contributed by atoms with Crippen molar-refractivity contribution in [2.45, 2.75) is 26.1 Å². The van der Waals surface area contributed by atoms with Gasteiger partial charge in [-0.25, -0.2) is 4.79 Å². The molecule has 0 fully saturated rings. The van der Waals surface area contributed by atoms with Crippen LogP contribution in [0.4, 0.5) is 35.9 Å². The standard InChI is InChI=1S/C18H16F3N3O7/c1-3-30-17(25)10(2)31-16-9-12(5-7-14(16)23(26)27)22-13-6-4-11(18(19,20)21)8-15(13)24(28)29/h4-10,22H,3H2,1-2H3. The molecule has 13 heteroatoms. The zero-order valence-corrected chi connectivity index (χ0v) is 16.1. The second kappa shape index (κ2) is 9.28. The van der Waals surface area contributed by atoms with Gasteiger partial charge in [-0.3, -0.25) is 20.2 Å². The molecule has 0 aliphatic carbocycles. The molecule has 0 spiro atoms. The Labute approximate surface area is 172 Å². The van der Waals surface area contributed by atoms with E-state index in [2.05, 4.69) is 5.32 Å². The fraction of sp³-hybridized carbons (Fsp3) is 0.278. The summed E-state index contributed by atoms with van der Waals surface area (Å²) in [5.41, 5.74) is -2.80. The van der Waals surface area contributed by atoms with Crippen LogP contribution in [0.25, 0.3) is 0 Å². The largest absolute Gasteiger partial charge is 0.472 e. The minimum Gasteiger partial charge on any atom is -0.472 e. The molecule has 31 heavy (non-hydrogen) atoms. The molecule has 1 unspecified atom stereocenters. The zero-order chi connectivity index (χ0) is 23.3. The van der Waals surface area contributed by atoms with Crippen molar-refractivity contribution in [3.8, 4) is 5.75 Å². The summed E-state index contributed by atoms with van der Waals surface area (Å²) in [5.74, 6) is -1.11. The first-order valence-corrected chi connectivity index (χ1v) is 8.68. The second-order valence-electron chi connectivity index (χ2n) is 6.06. The van der Waals surface area contributed by atoms with Crippen LogP contribution in [-0.4, -0.2) is 28.5 Å². The van der Waals surface area contributed by atoms with E-state index in [9.17, 15) is 38.2 Å². The molecule has 2 aromatic rings. The Bertz CT molecular complexity index is 1010. The van der Waals surface area contributed by atoms with E-state index in [1.165, 1.54) is 13.0 Å². The number of hydrogen-bond donors (Lipinski definition) is 1. The molecular formula is C18H16F3N3O7. The highest BCUT2D eigenvalue weighted by Crippen LogP contribution is 2.37. The SMILES string of the molecule is CCOC(=O)C(C)Oc1cc(Nc2ccc(C(F)(F)F)cc2[N+](=O)[O-])ccc1[N+](=O)[O-]. The highest BCUT2D eigenvalue weighted by molar-refractivity contribution is 5.76. The van der Waals surface area contributed by atoms with Gasteiger partial charge in [-0.05, 0) is 32.0 Å². The van der Waals surface area contributed by atoms with Crippen LogP contribution in [0.15, 0.2) is 36.4 Å². The molecule has 0 radical (unpaired) electrons. The quantitative estimate of drug-likeness (QED) is 0.356. The van der Waals surface area contributed by atoms with Gasteiger partial charge in [-0.15, -0.1) is 0 Å². The summed E-state index contributed by atoms with van der Waals surface area (Å²) in [7, 11) is 0. The first kappa shape index (κ1) is 23.4. The highest BCUT2D eigenvalue weighted by atomic mass is 19.4. The molecule has 0 saturated carbocycles. The van der Waals surface area contributed by atoms with Crippen LogP contribution in [0.1, 0.15) is 19.4 Å². The lowest BCUT2D eigenvalue weighted by atomic mass is 10.1. The van der Waals surface area contributed by atoms with E-state index in [0.717, 1.165) is 18.2 Å². The van der Waals surface area contributed by atoms with E-state index in [1.54, 1.807) is 6.92 Å². The fourth-order valence-electron chi connectivity index (χ4n) is 2.46. The maximum absolute atomic E-state index is 12.8. The number of carbonyl (C=O) groups is 1. The summed E-state index contributed by atoms with van der Waals surface area (Å²) in [5, 5.41) is 25.0. The number of carbonyl (C=O) groups excluding carboxylic acids is 1. The molecule has 0 aliphatic heterocycles. The van der Waals surface area contributed by atoms with Gasteiger partial charge in [0.15, 0.2) is 11.9 Å². The highest BCUT2D eigenvalue weighted by Gasteiger charge is 2.33. The van der Waals surface area contributed by atoms with Crippen LogP contribution in [0.3, 0.4) is 0 Å². The summed E-state index contributed by atoms with van der Waals surface area (Å²) in [4.78, 5) is 32.4. The molecule has 1 atom stereocenters. The van der Waals surface area contributed by atoms with Gasteiger partial charge in [0.05, 0.1) is 22.0 Å². The van der Waals surface area contributed by atoms with Crippen LogP contribution in [0.5, 0.6) is 5.75 Å². The maximum atomic E-state index is 12.8. The molecule has 0 bridgehead atoms. The van der Waals surface area contributed by atoms with E-state index >= 15 is 0 Å². The van der Waals surface area contributed by atoms with E-state index in [1.807, 2.05) is 0 Å². The van der Waals surface area contributed by atoms with Gasteiger partial charge in [-0.1, -0.05) is 0 Å². The van der Waals surface area contributed by atoms with Crippen molar-refractivity contribution in [2.75, 3.05) is 11.9 Å². The summed E-state index contributed by atoms with van der Waals surface area (Å²) in [6.45, 7) is 2.94. The summed E-state index contributed by atoms with van der Waals surface area (Å²) in [6.07, 6.45) is -5.98. The molecule has 2 aromatic carbocycles. The van der Waals surface area contributed by atoms with Crippen molar-refractivity contribution in [3.05, 3.63) is 62.2 Å². The van der Waals surface area contributed by atoms with Gasteiger partial charge >= 0.3 is 17.8 Å². The lowest BCUT2D eigenvalue weighted by Crippen LogP contribution is -2.26. The number of rotatable bonds is 8. The number of ether oxygens (including phenoxy) is 2. The maximum Gasteiger partial charge on any atom is 0.416 e. The number of esters is 1. The third-order valence-corrected chi connectivity index (χ3v) is 3.88. The lowest BCUT2D eigenvalue weighted by Gasteiger charge is -2.15. The fourth-order valence-corrected chi connectivity index (χ4v) is 2.46. The molecule has 1 N–H and O–H groups in total. The summed E-state index contributed by atoms with van der Waals surface area (Å²) >= 11 is 0. The Kier molecular flexibility index (Phi) is 7.00. The van der Waals surface area contributed by atoms with Gasteiger partial charge in [0.2, 0.25) is 0 Å². The van der Waals surface area contributed by atoms with Crippen molar-refractivity contribution in [1.29, 1.82) is 0 Å². The number of alkyl halides is 3. The third-order valence-electron chi connectivity index (χ3n) is 3.88. The average molecular weight is 443 g/mol. The molecular weight excluding hydrogens is 427 g/mol. The molecule has 0 amide bonds. The molecule has 0 aliphatic rings. The lowest BCUT2D eigenvalue weighted by molar-refractivity contribution is -0.386. The first-order valence-electron chi connectivity index (χ1n) is 8.68. The van der Waals surface area contributed by atoms with Crippen LogP contribution in [0.2, 0.25) is 0 Å². The topological polar surface area (TPSA) is 134 Å². The van der Waals surface area contributed by atoms with Gasteiger partial charge in [0.25, 0.3) is 5.69 Å². The Morgan fingerprint density at radius 2 is 1.74 bits per heavy atom. The van der Waals surface area contributed by atoms with E-state index in [4.69, 9.17) is 9.47 Å². The number of anilines is 2. The number of halogens is 3. The van der Waals surface area contributed by atoms with Crippen molar-refractivity contribution < 1.29 is 37.3 Å². The van der Waals surface area contributed by atoms with Crippen molar-refractivity contribution in [1.82, 2.24) is 0 Å². The van der Waals surface area contributed by atoms with Crippen molar-refractivity contribution in [3.63, 3.8) is 0 Å². The summed E-state index contributed by atoms with van der Waals surface area (Å²) in [6, 6.07) is 5.18. The second-order valence-corrected chi connectivity index (χ2v) is 6.06. The smallest absolute Gasteiger partial charge is 0.416 e. The van der Waals surface area contributed by atoms with Gasteiger partial charge in [-0.2, -0.15) is 13.2 Å². The van der Waals surface area contributed by atoms with Crippen LogP contribution in [-0.2, 0) is 15.7 Å². The Hall–Kier alpha value is -3.90. The first-order chi connectivity index (χ1) is 14.4. The zero-order valence-electron chi connectivity index (χ0n) is 16.1. The predicted molar refractivity (Wildman–Crippen MR) is 101 cm³/mol. The van der Waals surface area contributed by atoms with Gasteiger partial charge in [0.1, 0.15) is 5.69 Å². The molecule has 166 valence electrons. The molecule has 0 aromatic heterocycles. The Morgan fingerprint density at radius 1 is 1.10 bits per heavy atom. The third kappa shape index (κ3) is 5.81. The predicted octanol–water partition coefficient (Wildman–Crippen LogP) is 4.60. The van der Waals surface area contributed by atoms with Crippen LogP contribution < -0.4 is 10.1 Å². The molecule has 0 saturated heterocycles. The minimum absolute atomic E-state index is 0.0412. The number of nitro benzene ring substituents is 2. The number of hydrogen-bond acceptors (Lipinski definition) is 8. The van der Waals surface area contributed by atoms with Crippen LogP contribution in [0, 0.1) is 20.2 Å². The van der Waals surface area contributed by atoms with Crippen LogP contribution >= 0.6 is 0 Å². The van der Waals surface area contributed by atoms with E-state index in [-0.39, 0.29) is 23.7 Å². The minimum atomic E-state index is -4.78. The van der Waals surface area contributed by atoms with Gasteiger partial charge < -0.3 is 14.8 Å².